The van der Waals surface area contributed by atoms with Crippen LogP contribution in [0.1, 0.15) is 6.92 Å². The molecule has 1 heterocycles. The lowest BCUT2D eigenvalue weighted by Crippen LogP contribution is -2.37. The molecule has 0 fully saturated rings. The van der Waals surface area contributed by atoms with E-state index >= 15 is 0 Å². The van der Waals surface area contributed by atoms with Crippen molar-refractivity contribution in [1.29, 1.82) is 0 Å². The summed E-state index contributed by atoms with van der Waals surface area (Å²) >= 11 is 5.61. The number of carbonyl (C=O) groups excluding carboxylic acids is 1. The first-order valence-electron chi connectivity index (χ1n) is 5.08. The standard InChI is InChI=1S/C10H14ClFN4O/c1-4-16(6-8(17)15(2)3)9-7(12)5-13-10(11)14-9/h5H,4,6H2,1-3H3. The van der Waals surface area contributed by atoms with Crippen LogP contribution in [0.15, 0.2) is 6.20 Å². The predicted molar refractivity (Wildman–Crippen MR) is 63.6 cm³/mol. The Hall–Kier alpha value is -1.43. The molecule has 0 bridgehead atoms. The normalized spacial score (nSPS) is 10.2. The van der Waals surface area contributed by atoms with Gasteiger partial charge in [-0.1, -0.05) is 0 Å². The largest absolute Gasteiger partial charge is 0.347 e. The maximum absolute atomic E-state index is 13.5. The molecule has 94 valence electrons. The van der Waals surface area contributed by atoms with Crippen molar-refractivity contribution in [2.75, 3.05) is 32.1 Å². The molecule has 0 N–H and O–H groups in total. The van der Waals surface area contributed by atoms with E-state index in [4.69, 9.17) is 11.6 Å². The minimum absolute atomic E-state index is 0.0442. The predicted octanol–water partition coefficient (Wildman–Crippen LogP) is 1.18. The third-order valence-corrected chi connectivity index (χ3v) is 2.38. The molecule has 1 aromatic heterocycles. The molecule has 0 saturated heterocycles. The van der Waals surface area contributed by atoms with E-state index in [1.807, 2.05) is 0 Å². The van der Waals surface area contributed by atoms with Crippen LogP contribution in [-0.4, -0.2) is 48.0 Å². The number of nitrogens with zero attached hydrogens (tertiary/aromatic N) is 4. The van der Waals surface area contributed by atoms with Crippen LogP contribution in [-0.2, 0) is 4.79 Å². The van der Waals surface area contributed by atoms with Crippen LogP contribution in [0.25, 0.3) is 0 Å². The van der Waals surface area contributed by atoms with Gasteiger partial charge in [0, 0.05) is 20.6 Å². The number of hydrogen-bond donors (Lipinski definition) is 0. The summed E-state index contributed by atoms with van der Waals surface area (Å²) < 4.78 is 13.5. The van der Waals surface area contributed by atoms with Gasteiger partial charge in [-0.3, -0.25) is 4.79 Å². The van der Waals surface area contributed by atoms with Gasteiger partial charge in [0.1, 0.15) is 0 Å². The molecule has 0 aliphatic carbocycles. The van der Waals surface area contributed by atoms with Gasteiger partial charge in [0.15, 0.2) is 11.6 Å². The number of likely N-dealkylation sites (N-methyl/N-ethyl adjacent to an activating group) is 2. The summed E-state index contributed by atoms with van der Waals surface area (Å²) in [7, 11) is 3.28. The number of amides is 1. The van der Waals surface area contributed by atoms with Crippen molar-refractivity contribution in [3.8, 4) is 0 Å². The van der Waals surface area contributed by atoms with Crippen molar-refractivity contribution in [2.45, 2.75) is 6.92 Å². The van der Waals surface area contributed by atoms with Gasteiger partial charge in [0.2, 0.25) is 11.2 Å². The van der Waals surface area contributed by atoms with Crippen molar-refractivity contribution >= 4 is 23.3 Å². The molecule has 0 unspecified atom stereocenters. The molecule has 0 spiro atoms. The molecule has 5 nitrogen and oxygen atoms in total. The van der Waals surface area contributed by atoms with Crippen molar-refractivity contribution < 1.29 is 9.18 Å². The number of aromatic nitrogens is 2. The Balaban J connectivity index is 2.93. The second-order valence-electron chi connectivity index (χ2n) is 3.61. The number of hydrogen-bond acceptors (Lipinski definition) is 4. The average Bonchev–Trinajstić information content (AvgIpc) is 2.29. The van der Waals surface area contributed by atoms with E-state index in [-0.39, 0.29) is 23.6 Å². The van der Waals surface area contributed by atoms with E-state index in [1.165, 1.54) is 9.80 Å². The Morgan fingerprint density at radius 3 is 2.71 bits per heavy atom. The topological polar surface area (TPSA) is 49.3 Å². The number of rotatable bonds is 4. The van der Waals surface area contributed by atoms with Crippen molar-refractivity contribution in [2.24, 2.45) is 0 Å². The van der Waals surface area contributed by atoms with E-state index in [9.17, 15) is 9.18 Å². The zero-order chi connectivity index (χ0) is 13.0. The van der Waals surface area contributed by atoms with Gasteiger partial charge in [0.05, 0.1) is 12.7 Å². The summed E-state index contributed by atoms with van der Waals surface area (Å²) in [6, 6.07) is 0. The van der Waals surface area contributed by atoms with Crippen LogP contribution >= 0.6 is 11.6 Å². The Morgan fingerprint density at radius 2 is 2.18 bits per heavy atom. The molecule has 1 amide bonds. The third kappa shape index (κ3) is 3.52. The highest BCUT2D eigenvalue weighted by molar-refractivity contribution is 6.28. The summed E-state index contributed by atoms with van der Waals surface area (Å²) in [4.78, 5) is 21.8. The third-order valence-electron chi connectivity index (χ3n) is 2.20. The first-order chi connectivity index (χ1) is 7.95. The van der Waals surface area contributed by atoms with Crippen molar-refractivity contribution in [3.05, 3.63) is 17.3 Å². The number of halogens is 2. The highest BCUT2D eigenvalue weighted by atomic mass is 35.5. The van der Waals surface area contributed by atoms with Crippen LogP contribution in [0.3, 0.4) is 0 Å². The van der Waals surface area contributed by atoms with E-state index in [0.717, 1.165) is 6.20 Å². The molecular formula is C10H14ClFN4O. The van der Waals surface area contributed by atoms with Gasteiger partial charge in [-0.05, 0) is 18.5 Å². The van der Waals surface area contributed by atoms with E-state index < -0.39 is 5.82 Å². The molecule has 0 aromatic carbocycles. The van der Waals surface area contributed by atoms with Crippen LogP contribution in [0, 0.1) is 5.82 Å². The lowest BCUT2D eigenvalue weighted by Gasteiger charge is -2.23. The van der Waals surface area contributed by atoms with Crippen molar-refractivity contribution in [1.82, 2.24) is 14.9 Å². The Labute approximate surface area is 104 Å². The molecular weight excluding hydrogens is 247 g/mol. The lowest BCUT2D eigenvalue weighted by molar-refractivity contribution is -0.127. The van der Waals surface area contributed by atoms with Gasteiger partial charge in [-0.15, -0.1) is 0 Å². The second kappa shape index (κ2) is 5.77. The molecule has 7 heteroatoms. The maximum atomic E-state index is 13.5. The molecule has 0 radical (unpaired) electrons. The zero-order valence-corrected chi connectivity index (χ0v) is 10.7. The van der Waals surface area contributed by atoms with Crippen molar-refractivity contribution in [3.63, 3.8) is 0 Å². The van der Waals surface area contributed by atoms with Crippen LogP contribution in [0.5, 0.6) is 0 Å². The molecule has 0 saturated carbocycles. The Kier molecular flexibility index (Phi) is 4.62. The summed E-state index contributed by atoms with van der Waals surface area (Å²) in [5, 5.41) is -0.0443. The second-order valence-corrected chi connectivity index (χ2v) is 3.95. The lowest BCUT2D eigenvalue weighted by atomic mass is 10.4. The SMILES string of the molecule is CCN(CC(=O)N(C)C)c1nc(Cl)ncc1F. The van der Waals surface area contributed by atoms with Crippen LogP contribution in [0.2, 0.25) is 5.28 Å². The average molecular weight is 261 g/mol. The Bertz CT molecular complexity index is 413. The number of carbonyl (C=O) groups is 1. The van der Waals surface area contributed by atoms with E-state index in [1.54, 1.807) is 21.0 Å². The minimum Gasteiger partial charge on any atom is -0.347 e. The smallest absolute Gasteiger partial charge is 0.241 e. The fraction of sp³-hybridized carbons (Fsp3) is 0.500. The zero-order valence-electron chi connectivity index (χ0n) is 9.94. The molecule has 0 atom stereocenters. The number of anilines is 1. The van der Waals surface area contributed by atoms with Crippen LogP contribution in [0.4, 0.5) is 10.2 Å². The fourth-order valence-corrected chi connectivity index (χ4v) is 1.33. The molecule has 1 aromatic rings. The van der Waals surface area contributed by atoms with Gasteiger partial charge in [0.25, 0.3) is 0 Å². The molecule has 0 aliphatic heterocycles. The summed E-state index contributed by atoms with van der Waals surface area (Å²) in [6.45, 7) is 2.30. The summed E-state index contributed by atoms with van der Waals surface area (Å²) in [5.41, 5.74) is 0. The minimum atomic E-state index is -0.595. The summed E-state index contributed by atoms with van der Waals surface area (Å²) in [5.74, 6) is -0.688. The highest BCUT2D eigenvalue weighted by Crippen LogP contribution is 2.17. The quantitative estimate of drug-likeness (QED) is 0.763. The molecule has 0 aliphatic rings. The van der Waals surface area contributed by atoms with E-state index in [0.29, 0.717) is 6.54 Å². The summed E-state index contributed by atoms with van der Waals surface area (Å²) in [6.07, 6.45) is 0.994. The first-order valence-corrected chi connectivity index (χ1v) is 5.46. The highest BCUT2D eigenvalue weighted by Gasteiger charge is 2.17. The van der Waals surface area contributed by atoms with Gasteiger partial charge in [-0.2, -0.15) is 4.98 Å². The fourth-order valence-electron chi connectivity index (χ4n) is 1.20. The maximum Gasteiger partial charge on any atom is 0.241 e. The first kappa shape index (κ1) is 13.6. The van der Waals surface area contributed by atoms with Gasteiger partial charge in [-0.25, -0.2) is 9.37 Å². The monoisotopic (exact) mass is 260 g/mol. The van der Waals surface area contributed by atoms with Gasteiger partial charge >= 0.3 is 0 Å². The van der Waals surface area contributed by atoms with Crippen LogP contribution < -0.4 is 4.90 Å². The van der Waals surface area contributed by atoms with E-state index in [2.05, 4.69) is 9.97 Å². The molecule has 1 rings (SSSR count). The molecule has 17 heavy (non-hydrogen) atoms. The van der Waals surface area contributed by atoms with Gasteiger partial charge < -0.3 is 9.80 Å². The Morgan fingerprint density at radius 1 is 1.53 bits per heavy atom.